The van der Waals surface area contributed by atoms with Crippen molar-refractivity contribution in [2.75, 3.05) is 11.9 Å². The molecule has 6 nitrogen and oxygen atoms in total. The molecule has 0 radical (unpaired) electrons. The molecule has 8 heteroatoms. The van der Waals surface area contributed by atoms with Crippen LogP contribution in [0.1, 0.15) is 18.2 Å². The average Bonchev–Trinajstić information content (AvgIpc) is 3.13. The Hall–Kier alpha value is -1.93. The minimum atomic E-state index is -0.577. The zero-order valence-electron chi connectivity index (χ0n) is 12.9. The average molecular weight is 411 g/mol. The molecule has 1 aliphatic heterocycles. The highest BCUT2D eigenvalue weighted by atomic mass is 79.9. The monoisotopic (exact) mass is 410 g/mol. The Balaban J connectivity index is 1.58. The molecule has 2 aromatic rings. The van der Waals surface area contributed by atoms with Gasteiger partial charge in [0.05, 0.1) is 18.7 Å². The summed E-state index contributed by atoms with van der Waals surface area (Å²) in [6.07, 6.45) is 0.0352. The van der Waals surface area contributed by atoms with Gasteiger partial charge in [-0.2, -0.15) is 0 Å². The number of amides is 1. The van der Waals surface area contributed by atoms with Crippen molar-refractivity contribution < 1.29 is 19.1 Å². The van der Waals surface area contributed by atoms with Crippen LogP contribution in [0.3, 0.4) is 0 Å². The second-order valence-electron chi connectivity index (χ2n) is 5.18. The number of hydrogen-bond acceptors (Lipinski definition) is 6. The summed E-state index contributed by atoms with van der Waals surface area (Å²) < 4.78 is 11.5. The largest absolute Gasteiger partial charge is 0.480 e. The summed E-state index contributed by atoms with van der Waals surface area (Å²) in [6.45, 7) is 2.09. The second-order valence-corrected chi connectivity index (χ2v) is 6.95. The van der Waals surface area contributed by atoms with E-state index in [4.69, 9.17) is 9.47 Å². The van der Waals surface area contributed by atoms with Gasteiger partial charge < -0.3 is 9.47 Å². The van der Waals surface area contributed by atoms with Crippen LogP contribution in [0.2, 0.25) is 0 Å². The van der Waals surface area contributed by atoms with Gasteiger partial charge in [-0.15, -0.1) is 11.3 Å². The summed E-state index contributed by atoms with van der Waals surface area (Å²) >= 11 is 4.68. The maximum atomic E-state index is 12.3. The molecular weight excluding hydrogens is 396 g/mol. The van der Waals surface area contributed by atoms with Gasteiger partial charge in [-0.25, -0.2) is 4.98 Å². The van der Waals surface area contributed by atoms with Crippen LogP contribution in [-0.4, -0.2) is 29.6 Å². The first kappa shape index (κ1) is 16.9. The smallest absolute Gasteiger partial charge is 0.311 e. The lowest BCUT2D eigenvalue weighted by atomic mass is 10.1. The lowest BCUT2D eigenvalue weighted by Crippen LogP contribution is -2.31. The third kappa shape index (κ3) is 3.93. The van der Waals surface area contributed by atoms with Crippen molar-refractivity contribution in [2.45, 2.75) is 25.9 Å². The number of halogens is 1. The molecule has 0 saturated heterocycles. The second kappa shape index (κ2) is 7.31. The van der Waals surface area contributed by atoms with Crippen molar-refractivity contribution >= 4 is 44.3 Å². The van der Waals surface area contributed by atoms with Crippen LogP contribution in [0, 0.1) is 0 Å². The fraction of sp³-hybridized carbons (Fsp3) is 0.312. The maximum Gasteiger partial charge on any atom is 0.311 e. The van der Waals surface area contributed by atoms with Gasteiger partial charge >= 0.3 is 5.97 Å². The van der Waals surface area contributed by atoms with E-state index < -0.39 is 6.10 Å². The number of rotatable bonds is 5. The number of ether oxygens (including phenoxy) is 2. The molecule has 24 heavy (non-hydrogen) atoms. The molecule has 1 unspecified atom stereocenters. The van der Waals surface area contributed by atoms with Gasteiger partial charge in [0, 0.05) is 16.3 Å². The predicted molar refractivity (Wildman–Crippen MR) is 93.3 cm³/mol. The number of fused-ring (bicyclic) bond motifs is 1. The van der Waals surface area contributed by atoms with Crippen LogP contribution in [0.15, 0.2) is 28.1 Å². The van der Waals surface area contributed by atoms with E-state index in [0.717, 1.165) is 15.8 Å². The number of hydrogen-bond donors (Lipinski definition) is 1. The zero-order valence-corrected chi connectivity index (χ0v) is 15.3. The number of anilines is 1. The van der Waals surface area contributed by atoms with E-state index in [-0.39, 0.29) is 18.3 Å². The van der Waals surface area contributed by atoms with Crippen LogP contribution in [0.25, 0.3) is 0 Å². The first-order valence-electron chi connectivity index (χ1n) is 7.41. The van der Waals surface area contributed by atoms with Crippen LogP contribution >= 0.6 is 27.3 Å². The van der Waals surface area contributed by atoms with Crippen LogP contribution < -0.4 is 10.1 Å². The number of carbonyl (C=O) groups is 2. The van der Waals surface area contributed by atoms with Gasteiger partial charge in [-0.3, -0.25) is 14.9 Å². The number of thiazole rings is 1. The third-order valence-corrected chi connectivity index (χ3v) is 4.70. The Morgan fingerprint density at radius 2 is 2.33 bits per heavy atom. The molecular formula is C16H15BrN2O4S. The van der Waals surface area contributed by atoms with Crippen molar-refractivity contribution in [3.63, 3.8) is 0 Å². The van der Waals surface area contributed by atoms with Crippen molar-refractivity contribution in [3.05, 3.63) is 39.3 Å². The number of benzene rings is 1. The summed E-state index contributed by atoms with van der Waals surface area (Å²) in [5, 5.41) is 4.91. The van der Waals surface area contributed by atoms with E-state index in [0.29, 0.717) is 23.9 Å². The van der Waals surface area contributed by atoms with Crippen molar-refractivity contribution in [1.29, 1.82) is 0 Å². The summed E-state index contributed by atoms with van der Waals surface area (Å²) in [4.78, 5) is 28.0. The van der Waals surface area contributed by atoms with Gasteiger partial charge in [0.2, 0.25) is 0 Å². The van der Waals surface area contributed by atoms with E-state index >= 15 is 0 Å². The number of aromatic nitrogens is 1. The molecule has 1 amide bonds. The van der Waals surface area contributed by atoms with Crippen molar-refractivity contribution in [3.8, 4) is 5.75 Å². The number of nitrogens with one attached hydrogen (secondary N) is 1. The molecule has 0 aliphatic carbocycles. The minimum Gasteiger partial charge on any atom is -0.480 e. The van der Waals surface area contributed by atoms with E-state index in [1.54, 1.807) is 12.3 Å². The fourth-order valence-corrected chi connectivity index (χ4v) is 3.48. The van der Waals surface area contributed by atoms with Crippen molar-refractivity contribution in [1.82, 2.24) is 4.98 Å². The van der Waals surface area contributed by atoms with E-state index in [2.05, 4.69) is 26.2 Å². The van der Waals surface area contributed by atoms with Crippen molar-refractivity contribution in [2.24, 2.45) is 0 Å². The SMILES string of the molecule is CCOC(=O)Cc1csc(NC(=O)C2Cc3cc(Br)ccc3O2)n1. The highest BCUT2D eigenvalue weighted by Crippen LogP contribution is 2.31. The van der Waals surface area contributed by atoms with Crippen LogP contribution in [0.5, 0.6) is 5.75 Å². The molecule has 126 valence electrons. The van der Waals surface area contributed by atoms with Gasteiger partial charge in [0.15, 0.2) is 11.2 Å². The Labute approximate surface area is 151 Å². The zero-order chi connectivity index (χ0) is 17.1. The Bertz CT molecular complexity index is 777. The third-order valence-electron chi connectivity index (χ3n) is 3.40. The first-order chi connectivity index (χ1) is 11.5. The maximum absolute atomic E-state index is 12.3. The molecule has 1 N–H and O–H groups in total. The summed E-state index contributed by atoms with van der Waals surface area (Å²) in [6, 6.07) is 5.67. The highest BCUT2D eigenvalue weighted by Gasteiger charge is 2.29. The number of carbonyl (C=O) groups excluding carboxylic acids is 2. The molecule has 1 aromatic heterocycles. The van der Waals surface area contributed by atoms with Crippen LogP contribution in [-0.2, 0) is 27.2 Å². The lowest BCUT2D eigenvalue weighted by Gasteiger charge is -2.09. The Morgan fingerprint density at radius 3 is 3.12 bits per heavy atom. The molecule has 3 rings (SSSR count). The quantitative estimate of drug-likeness (QED) is 0.766. The highest BCUT2D eigenvalue weighted by molar-refractivity contribution is 9.10. The predicted octanol–water partition coefficient (Wildman–Crippen LogP) is 2.95. The topological polar surface area (TPSA) is 77.5 Å². The molecule has 0 spiro atoms. The lowest BCUT2D eigenvalue weighted by molar-refractivity contribution is -0.142. The normalized spacial score (nSPS) is 15.5. The van der Waals surface area contributed by atoms with E-state index in [9.17, 15) is 9.59 Å². The van der Waals surface area contributed by atoms with Gasteiger partial charge in [0.1, 0.15) is 5.75 Å². The number of nitrogens with zero attached hydrogens (tertiary/aromatic N) is 1. The molecule has 0 saturated carbocycles. The van der Waals surface area contributed by atoms with Gasteiger partial charge in [-0.1, -0.05) is 15.9 Å². The van der Waals surface area contributed by atoms with Crippen LogP contribution in [0.4, 0.5) is 5.13 Å². The standard InChI is InChI=1S/C16H15BrN2O4S/c1-2-22-14(20)7-11-8-24-16(18-11)19-15(21)13-6-9-5-10(17)3-4-12(9)23-13/h3-5,8,13H,2,6-7H2,1H3,(H,18,19,21). The molecule has 1 atom stereocenters. The summed E-state index contributed by atoms with van der Waals surface area (Å²) in [7, 11) is 0. The van der Waals surface area contributed by atoms with E-state index in [1.807, 2.05) is 18.2 Å². The molecule has 0 fully saturated rings. The van der Waals surface area contributed by atoms with E-state index in [1.165, 1.54) is 11.3 Å². The molecule has 0 bridgehead atoms. The number of esters is 1. The Morgan fingerprint density at radius 1 is 1.50 bits per heavy atom. The molecule has 1 aliphatic rings. The fourth-order valence-electron chi connectivity index (χ4n) is 2.35. The summed E-state index contributed by atoms with van der Waals surface area (Å²) in [5.74, 6) is 0.140. The Kier molecular flexibility index (Phi) is 5.15. The van der Waals surface area contributed by atoms with Gasteiger partial charge in [0.25, 0.3) is 5.91 Å². The first-order valence-corrected chi connectivity index (χ1v) is 9.08. The minimum absolute atomic E-state index is 0.0968. The molecule has 1 aromatic carbocycles. The summed E-state index contributed by atoms with van der Waals surface area (Å²) in [5.41, 5.74) is 1.57. The molecule has 2 heterocycles. The van der Waals surface area contributed by atoms with Gasteiger partial charge in [-0.05, 0) is 30.7 Å².